The van der Waals surface area contributed by atoms with Gasteiger partial charge in [0.1, 0.15) is 11.6 Å². The van der Waals surface area contributed by atoms with Gasteiger partial charge in [0, 0.05) is 11.5 Å². The highest BCUT2D eigenvalue weighted by molar-refractivity contribution is 5.94. The Hall–Kier alpha value is -3.35. The normalized spacial score (nSPS) is 11.3. The van der Waals surface area contributed by atoms with E-state index < -0.39 is 18.5 Å². The molecular formula is C21H23N3O4. The summed E-state index contributed by atoms with van der Waals surface area (Å²) in [6.45, 7) is 7.43. The molecule has 2 aromatic heterocycles. The van der Waals surface area contributed by atoms with Gasteiger partial charge in [-0.25, -0.2) is 9.48 Å². The Morgan fingerprint density at radius 3 is 2.46 bits per heavy atom. The topological polar surface area (TPSA) is 86.4 Å². The molecule has 1 amide bonds. The van der Waals surface area contributed by atoms with E-state index in [0.717, 1.165) is 11.4 Å². The minimum atomic E-state index is -0.685. The molecule has 0 saturated heterocycles. The van der Waals surface area contributed by atoms with Gasteiger partial charge in [-0.3, -0.25) is 4.79 Å². The number of ether oxygens (including phenoxy) is 1. The van der Waals surface area contributed by atoms with E-state index in [4.69, 9.17) is 9.15 Å². The van der Waals surface area contributed by atoms with Crippen molar-refractivity contribution in [3.8, 4) is 5.69 Å². The number of esters is 1. The number of benzene rings is 1. The molecule has 7 nitrogen and oxygen atoms in total. The van der Waals surface area contributed by atoms with Crippen molar-refractivity contribution in [2.45, 2.75) is 33.1 Å². The van der Waals surface area contributed by atoms with E-state index in [-0.39, 0.29) is 11.2 Å². The van der Waals surface area contributed by atoms with Crippen molar-refractivity contribution < 1.29 is 18.7 Å². The molecule has 0 unspecified atom stereocenters. The van der Waals surface area contributed by atoms with Crippen LogP contribution in [0, 0.1) is 6.92 Å². The molecule has 3 rings (SSSR count). The van der Waals surface area contributed by atoms with Crippen molar-refractivity contribution >= 4 is 17.7 Å². The van der Waals surface area contributed by atoms with Gasteiger partial charge in [0.15, 0.2) is 6.61 Å². The first-order valence-electron chi connectivity index (χ1n) is 8.93. The van der Waals surface area contributed by atoms with Gasteiger partial charge in [-0.2, -0.15) is 5.10 Å². The van der Waals surface area contributed by atoms with Crippen LogP contribution in [0.1, 0.15) is 42.8 Å². The van der Waals surface area contributed by atoms with Crippen LogP contribution in [0.15, 0.2) is 52.9 Å². The highest BCUT2D eigenvalue weighted by Gasteiger charge is 2.22. The zero-order valence-corrected chi connectivity index (χ0v) is 16.4. The second kappa shape index (κ2) is 7.72. The average molecular weight is 381 g/mol. The van der Waals surface area contributed by atoms with Crippen molar-refractivity contribution in [2.24, 2.45) is 0 Å². The molecular weight excluding hydrogens is 358 g/mol. The third kappa shape index (κ3) is 4.49. The van der Waals surface area contributed by atoms with Crippen LogP contribution in [-0.4, -0.2) is 28.3 Å². The molecule has 146 valence electrons. The number of hydrogen-bond donors (Lipinski definition) is 1. The number of carbonyl (C=O) groups excluding carboxylic acids is 2. The number of rotatable bonds is 5. The first-order valence-corrected chi connectivity index (χ1v) is 8.93. The van der Waals surface area contributed by atoms with E-state index in [1.807, 2.05) is 57.2 Å². The number of anilines is 1. The summed E-state index contributed by atoms with van der Waals surface area (Å²) >= 11 is 0. The fourth-order valence-corrected chi connectivity index (χ4v) is 2.53. The lowest BCUT2D eigenvalue weighted by atomic mass is 9.92. The Morgan fingerprint density at radius 1 is 1.14 bits per heavy atom. The average Bonchev–Trinajstić information content (AvgIpc) is 3.27. The van der Waals surface area contributed by atoms with Crippen LogP contribution in [-0.2, 0) is 14.9 Å². The number of amides is 1. The predicted molar refractivity (Wildman–Crippen MR) is 105 cm³/mol. The minimum absolute atomic E-state index is 0.0645. The third-order valence-electron chi connectivity index (χ3n) is 4.02. The van der Waals surface area contributed by atoms with E-state index in [1.165, 1.54) is 6.07 Å². The van der Waals surface area contributed by atoms with Gasteiger partial charge in [0.05, 0.1) is 11.4 Å². The zero-order chi connectivity index (χ0) is 20.3. The molecule has 0 radical (unpaired) electrons. The van der Waals surface area contributed by atoms with E-state index in [9.17, 15) is 9.59 Å². The maximum atomic E-state index is 12.3. The van der Waals surface area contributed by atoms with Crippen molar-refractivity contribution in [1.82, 2.24) is 9.78 Å². The van der Waals surface area contributed by atoms with E-state index in [2.05, 4.69) is 10.4 Å². The number of aryl methyl sites for hydroxylation is 1. The second-order valence-electron chi connectivity index (χ2n) is 7.45. The minimum Gasteiger partial charge on any atom is -0.454 e. The zero-order valence-electron chi connectivity index (χ0n) is 16.4. The summed E-state index contributed by atoms with van der Waals surface area (Å²) in [5, 5.41) is 7.40. The molecule has 28 heavy (non-hydrogen) atoms. The molecule has 0 bridgehead atoms. The summed E-state index contributed by atoms with van der Waals surface area (Å²) < 4.78 is 11.9. The van der Waals surface area contributed by atoms with Gasteiger partial charge >= 0.3 is 5.97 Å². The van der Waals surface area contributed by atoms with Gasteiger partial charge in [0.2, 0.25) is 5.76 Å². The number of carbonyl (C=O) groups is 2. The highest BCUT2D eigenvalue weighted by Crippen LogP contribution is 2.26. The maximum Gasteiger partial charge on any atom is 0.374 e. The monoisotopic (exact) mass is 381 g/mol. The first kappa shape index (κ1) is 19.4. The Morgan fingerprint density at radius 2 is 1.86 bits per heavy atom. The van der Waals surface area contributed by atoms with E-state index >= 15 is 0 Å². The van der Waals surface area contributed by atoms with Crippen molar-refractivity contribution in [2.75, 3.05) is 11.9 Å². The van der Waals surface area contributed by atoms with Crippen LogP contribution in [0.4, 0.5) is 5.82 Å². The van der Waals surface area contributed by atoms with Gasteiger partial charge in [-0.15, -0.1) is 0 Å². The molecule has 3 aromatic rings. The quantitative estimate of drug-likeness (QED) is 0.678. The Labute approximate surface area is 163 Å². The number of nitrogens with zero attached hydrogens (tertiary/aromatic N) is 2. The Bertz CT molecular complexity index is 981. The Kier molecular flexibility index (Phi) is 5.35. The predicted octanol–water partition coefficient (Wildman–Crippen LogP) is 3.87. The molecule has 0 saturated carbocycles. The summed E-state index contributed by atoms with van der Waals surface area (Å²) in [5.41, 5.74) is 1.45. The van der Waals surface area contributed by atoms with Gasteiger partial charge in [-0.1, -0.05) is 39.0 Å². The molecule has 0 aliphatic heterocycles. The molecule has 1 aromatic carbocycles. The van der Waals surface area contributed by atoms with E-state index in [0.29, 0.717) is 11.6 Å². The Balaban J connectivity index is 1.74. The first-order chi connectivity index (χ1) is 13.2. The molecule has 1 N–H and O–H groups in total. The summed E-state index contributed by atoms with van der Waals surface area (Å²) in [4.78, 5) is 24.3. The highest BCUT2D eigenvalue weighted by atomic mass is 16.5. The molecule has 0 aliphatic carbocycles. The maximum absolute atomic E-state index is 12.3. The fourth-order valence-electron chi connectivity index (χ4n) is 2.53. The molecule has 2 heterocycles. The summed E-state index contributed by atoms with van der Waals surface area (Å²) in [5.74, 6) is 0.0166. The van der Waals surface area contributed by atoms with E-state index in [1.54, 1.807) is 17.7 Å². The lowest BCUT2D eigenvalue weighted by Gasteiger charge is -2.14. The number of hydrogen-bond acceptors (Lipinski definition) is 5. The molecule has 0 spiro atoms. The molecule has 7 heteroatoms. The van der Waals surface area contributed by atoms with Crippen LogP contribution in [0.3, 0.4) is 0 Å². The standard InChI is InChI=1S/C21H23N3O4/c1-14-10-11-16(28-14)20(26)27-13-19(25)22-18-12-17(21(2,3)4)23-24(18)15-8-6-5-7-9-15/h5-12H,13H2,1-4H3,(H,22,25). The van der Waals surface area contributed by atoms with Crippen molar-refractivity contribution in [3.05, 3.63) is 65.7 Å². The fraction of sp³-hybridized carbons (Fsp3) is 0.286. The number of nitrogens with one attached hydrogen (secondary N) is 1. The van der Waals surface area contributed by atoms with Gasteiger partial charge in [-0.05, 0) is 31.2 Å². The number of aromatic nitrogens is 2. The van der Waals surface area contributed by atoms with Crippen LogP contribution in [0.2, 0.25) is 0 Å². The SMILES string of the molecule is Cc1ccc(C(=O)OCC(=O)Nc2cc(C(C)(C)C)nn2-c2ccccc2)o1. The smallest absolute Gasteiger partial charge is 0.374 e. The lowest BCUT2D eigenvalue weighted by Crippen LogP contribution is -2.22. The molecule has 0 aliphatic rings. The number of furan rings is 1. The van der Waals surface area contributed by atoms with Crippen molar-refractivity contribution in [1.29, 1.82) is 0 Å². The largest absolute Gasteiger partial charge is 0.454 e. The summed E-state index contributed by atoms with van der Waals surface area (Å²) in [6, 6.07) is 14.5. The summed E-state index contributed by atoms with van der Waals surface area (Å²) in [7, 11) is 0. The lowest BCUT2D eigenvalue weighted by molar-refractivity contribution is -0.119. The van der Waals surface area contributed by atoms with Crippen LogP contribution < -0.4 is 5.32 Å². The number of para-hydroxylation sites is 1. The van der Waals surface area contributed by atoms with Gasteiger partial charge < -0.3 is 14.5 Å². The van der Waals surface area contributed by atoms with Crippen molar-refractivity contribution in [3.63, 3.8) is 0 Å². The summed E-state index contributed by atoms with van der Waals surface area (Å²) in [6.07, 6.45) is 0. The van der Waals surface area contributed by atoms with Crippen LogP contribution in [0.25, 0.3) is 5.69 Å². The van der Waals surface area contributed by atoms with Crippen LogP contribution >= 0.6 is 0 Å². The van der Waals surface area contributed by atoms with Crippen LogP contribution in [0.5, 0.6) is 0 Å². The third-order valence-corrected chi connectivity index (χ3v) is 4.02. The molecule has 0 fully saturated rings. The van der Waals surface area contributed by atoms with Gasteiger partial charge in [0.25, 0.3) is 5.91 Å². The molecule has 0 atom stereocenters. The second-order valence-corrected chi connectivity index (χ2v) is 7.45.